The predicted molar refractivity (Wildman–Crippen MR) is 78.9 cm³/mol. The second-order valence-corrected chi connectivity index (χ2v) is 4.64. The molecule has 0 aliphatic heterocycles. The molecule has 0 atom stereocenters. The van der Waals surface area contributed by atoms with Gasteiger partial charge in [0.15, 0.2) is 0 Å². The molecule has 0 fully saturated rings. The van der Waals surface area contributed by atoms with Crippen LogP contribution in [0, 0.1) is 16.0 Å². The number of para-hydroxylation sites is 1. The molecule has 0 radical (unpaired) electrons. The number of benzene rings is 1. The van der Waals surface area contributed by atoms with Gasteiger partial charge in [-0.25, -0.2) is 4.79 Å². The average Bonchev–Trinajstić information content (AvgIpc) is 2.49. The highest BCUT2D eigenvalue weighted by Gasteiger charge is 2.10. The van der Waals surface area contributed by atoms with Crippen molar-refractivity contribution in [1.82, 2.24) is 0 Å². The van der Waals surface area contributed by atoms with Crippen molar-refractivity contribution in [3.8, 4) is 0 Å². The Morgan fingerprint density at radius 1 is 1.23 bits per heavy atom. The third-order valence-corrected chi connectivity index (χ3v) is 2.58. The standard InChI is InChI=1S/C15H17NO6/c1-11(2)15(18)22-10-9-21-14(17)8-7-12-5-3-4-6-13(12)16(19)20/h3-8,11H,9-10H2,1-2H3/b8-7+. The summed E-state index contributed by atoms with van der Waals surface area (Å²) in [4.78, 5) is 32.9. The van der Waals surface area contributed by atoms with Crippen LogP contribution in [-0.2, 0) is 19.1 Å². The molecule has 0 unspecified atom stereocenters. The summed E-state index contributed by atoms with van der Waals surface area (Å²) >= 11 is 0. The molecular formula is C15H17NO6. The van der Waals surface area contributed by atoms with Crippen molar-refractivity contribution in [2.45, 2.75) is 13.8 Å². The van der Waals surface area contributed by atoms with Gasteiger partial charge in [0.05, 0.1) is 16.4 Å². The molecule has 0 aromatic heterocycles. The minimum Gasteiger partial charge on any atom is -0.462 e. The van der Waals surface area contributed by atoms with E-state index in [4.69, 9.17) is 9.47 Å². The molecular weight excluding hydrogens is 290 g/mol. The van der Waals surface area contributed by atoms with Crippen LogP contribution in [0.5, 0.6) is 0 Å². The monoisotopic (exact) mass is 307 g/mol. The van der Waals surface area contributed by atoms with E-state index in [1.54, 1.807) is 19.9 Å². The molecule has 1 rings (SSSR count). The molecule has 7 heteroatoms. The van der Waals surface area contributed by atoms with E-state index in [-0.39, 0.29) is 30.8 Å². The Hall–Kier alpha value is -2.70. The SMILES string of the molecule is CC(C)C(=O)OCCOC(=O)/C=C/c1ccccc1[N+](=O)[O-]. The van der Waals surface area contributed by atoms with Gasteiger partial charge in [-0.15, -0.1) is 0 Å². The van der Waals surface area contributed by atoms with E-state index in [1.165, 1.54) is 24.3 Å². The molecule has 0 aliphatic rings. The van der Waals surface area contributed by atoms with Gasteiger partial charge in [0.1, 0.15) is 13.2 Å². The van der Waals surface area contributed by atoms with Crippen LogP contribution in [0.3, 0.4) is 0 Å². The zero-order valence-electron chi connectivity index (χ0n) is 12.4. The van der Waals surface area contributed by atoms with Crippen LogP contribution in [0.15, 0.2) is 30.3 Å². The summed E-state index contributed by atoms with van der Waals surface area (Å²) < 4.78 is 9.66. The Morgan fingerprint density at radius 2 is 1.86 bits per heavy atom. The van der Waals surface area contributed by atoms with E-state index < -0.39 is 10.9 Å². The van der Waals surface area contributed by atoms with E-state index in [1.807, 2.05) is 0 Å². The molecule has 0 N–H and O–H groups in total. The number of hydrogen-bond acceptors (Lipinski definition) is 6. The van der Waals surface area contributed by atoms with Crippen molar-refractivity contribution < 1.29 is 24.0 Å². The number of ether oxygens (including phenoxy) is 2. The first-order valence-corrected chi connectivity index (χ1v) is 6.66. The van der Waals surface area contributed by atoms with Gasteiger partial charge in [-0.2, -0.15) is 0 Å². The van der Waals surface area contributed by atoms with Gasteiger partial charge in [-0.05, 0) is 12.1 Å². The maximum Gasteiger partial charge on any atom is 0.330 e. The molecule has 7 nitrogen and oxygen atoms in total. The number of rotatable bonds is 7. The van der Waals surface area contributed by atoms with Crippen LogP contribution in [-0.4, -0.2) is 30.1 Å². The Bertz CT molecular complexity index is 579. The lowest BCUT2D eigenvalue weighted by Gasteiger charge is -2.06. The fourth-order valence-corrected chi connectivity index (χ4v) is 1.45. The van der Waals surface area contributed by atoms with Crippen LogP contribution >= 0.6 is 0 Å². The summed E-state index contributed by atoms with van der Waals surface area (Å²) in [5, 5.41) is 10.8. The number of esters is 2. The molecule has 118 valence electrons. The molecule has 22 heavy (non-hydrogen) atoms. The minimum absolute atomic E-state index is 0.0257. The second-order valence-electron chi connectivity index (χ2n) is 4.64. The number of carbonyl (C=O) groups excluding carboxylic acids is 2. The van der Waals surface area contributed by atoms with Crippen molar-refractivity contribution >= 4 is 23.7 Å². The van der Waals surface area contributed by atoms with Crippen molar-refractivity contribution in [2.75, 3.05) is 13.2 Å². The maximum atomic E-state index is 11.5. The van der Waals surface area contributed by atoms with Gasteiger partial charge < -0.3 is 9.47 Å². The summed E-state index contributed by atoms with van der Waals surface area (Å²) in [6.45, 7) is 3.30. The lowest BCUT2D eigenvalue weighted by atomic mass is 10.1. The molecule has 0 amide bonds. The number of carbonyl (C=O) groups is 2. The maximum absolute atomic E-state index is 11.5. The summed E-state index contributed by atoms with van der Waals surface area (Å²) in [6.07, 6.45) is 2.40. The summed E-state index contributed by atoms with van der Waals surface area (Å²) in [7, 11) is 0. The third-order valence-electron chi connectivity index (χ3n) is 2.58. The van der Waals surface area contributed by atoms with Crippen molar-refractivity contribution in [3.05, 3.63) is 46.0 Å². The molecule has 1 aromatic carbocycles. The van der Waals surface area contributed by atoms with E-state index in [9.17, 15) is 19.7 Å². The molecule has 0 heterocycles. The second kappa shape index (κ2) is 8.56. The van der Waals surface area contributed by atoms with Gasteiger partial charge in [0.2, 0.25) is 0 Å². The van der Waals surface area contributed by atoms with E-state index >= 15 is 0 Å². The highest BCUT2D eigenvalue weighted by molar-refractivity contribution is 5.87. The Balaban J connectivity index is 2.46. The average molecular weight is 307 g/mol. The number of nitro groups is 1. The van der Waals surface area contributed by atoms with Gasteiger partial charge in [0.25, 0.3) is 5.69 Å². The minimum atomic E-state index is -0.668. The molecule has 0 aliphatic carbocycles. The first-order valence-electron chi connectivity index (χ1n) is 6.66. The van der Waals surface area contributed by atoms with E-state index in [0.717, 1.165) is 6.08 Å². The highest BCUT2D eigenvalue weighted by Crippen LogP contribution is 2.18. The van der Waals surface area contributed by atoms with Crippen LogP contribution in [0.2, 0.25) is 0 Å². The third kappa shape index (κ3) is 5.74. The topological polar surface area (TPSA) is 95.7 Å². The Kier molecular flexibility index (Phi) is 6.75. The van der Waals surface area contributed by atoms with Crippen LogP contribution in [0.25, 0.3) is 6.08 Å². The quantitative estimate of drug-likeness (QED) is 0.252. The summed E-state index contributed by atoms with van der Waals surface area (Å²) in [5.41, 5.74) is 0.202. The number of nitrogens with zero attached hydrogens (tertiary/aromatic N) is 1. The zero-order valence-corrected chi connectivity index (χ0v) is 12.4. The summed E-state index contributed by atoms with van der Waals surface area (Å²) in [5.74, 6) is -1.28. The van der Waals surface area contributed by atoms with Crippen LogP contribution < -0.4 is 0 Å². The Morgan fingerprint density at radius 3 is 2.50 bits per heavy atom. The van der Waals surface area contributed by atoms with Crippen molar-refractivity contribution in [3.63, 3.8) is 0 Å². The van der Waals surface area contributed by atoms with Gasteiger partial charge in [0, 0.05) is 12.1 Å². The lowest BCUT2D eigenvalue weighted by Crippen LogP contribution is -2.16. The smallest absolute Gasteiger partial charge is 0.330 e. The van der Waals surface area contributed by atoms with Crippen LogP contribution in [0.4, 0.5) is 5.69 Å². The predicted octanol–water partition coefficient (Wildman–Crippen LogP) is 2.35. The van der Waals surface area contributed by atoms with E-state index in [0.29, 0.717) is 5.56 Å². The van der Waals surface area contributed by atoms with Crippen molar-refractivity contribution in [1.29, 1.82) is 0 Å². The van der Waals surface area contributed by atoms with E-state index in [2.05, 4.69) is 0 Å². The Labute approximate surface area is 127 Å². The largest absolute Gasteiger partial charge is 0.462 e. The van der Waals surface area contributed by atoms with Gasteiger partial charge in [-0.1, -0.05) is 26.0 Å². The van der Waals surface area contributed by atoms with Crippen molar-refractivity contribution in [2.24, 2.45) is 5.92 Å². The van der Waals surface area contributed by atoms with Gasteiger partial charge in [-0.3, -0.25) is 14.9 Å². The number of hydrogen-bond donors (Lipinski definition) is 0. The molecule has 0 spiro atoms. The first-order chi connectivity index (χ1) is 10.4. The normalized spacial score (nSPS) is 10.7. The molecule has 0 bridgehead atoms. The summed E-state index contributed by atoms with van der Waals surface area (Å²) in [6, 6.07) is 6.03. The molecule has 1 aromatic rings. The molecule has 0 saturated heterocycles. The van der Waals surface area contributed by atoms with Gasteiger partial charge >= 0.3 is 11.9 Å². The lowest BCUT2D eigenvalue weighted by molar-refractivity contribution is -0.385. The first kappa shape index (κ1) is 17.4. The molecule has 0 saturated carbocycles. The van der Waals surface area contributed by atoms with Crippen LogP contribution in [0.1, 0.15) is 19.4 Å². The fraction of sp³-hybridized carbons (Fsp3) is 0.333. The number of nitro benzene ring substituents is 1. The fourth-order valence-electron chi connectivity index (χ4n) is 1.45. The highest BCUT2D eigenvalue weighted by atomic mass is 16.6. The zero-order chi connectivity index (χ0) is 16.5.